The van der Waals surface area contributed by atoms with Crippen molar-refractivity contribution in [2.75, 3.05) is 0 Å². The van der Waals surface area contributed by atoms with Gasteiger partial charge in [0.15, 0.2) is 0 Å². The Hall–Kier alpha value is -1.24. The maximum Gasteiger partial charge on any atom is 0.309 e. The number of aliphatic hydroxyl groups excluding tert-OH is 2. The van der Waals surface area contributed by atoms with Crippen LogP contribution in [0.1, 0.15) is 155 Å². The standard InChI is InChI=1S/C34H60O6/c1-3-4-5-6-7-8-12-15-18-21-30(36)32-23-24-33(40-32)31(37)22-19-16-13-10-9-11-14-17-20-29-26-28(25-27(2)35)34(38)39-29/h13,16,28-33,36-37H,3-12,14-15,17-26H2,1-2H3. The van der Waals surface area contributed by atoms with E-state index in [2.05, 4.69) is 19.1 Å². The van der Waals surface area contributed by atoms with Gasteiger partial charge in [-0.1, -0.05) is 89.7 Å². The molecule has 2 aliphatic heterocycles. The molecule has 0 bridgehead atoms. The molecule has 2 N–H and O–H groups in total. The van der Waals surface area contributed by atoms with Crippen LogP contribution in [0.2, 0.25) is 0 Å². The Bertz CT molecular complexity index is 707. The first kappa shape index (κ1) is 35.0. The summed E-state index contributed by atoms with van der Waals surface area (Å²) < 4.78 is 11.5. The van der Waals surface area contributed by atoms with Crippen molar-refractivity contribution in [2.45, 2.75) is 186 Å². The third-order valence-corrected chi connectivity index (χ3v) is 8.69. The molecular formula is C34H60O6. The molecule has 6 atom stereocenters. The van der Waals surface area contributed by atoms with Crippen molar-refractivity contribution in [2.24, 2.45) is 5.92 Å². The molecule has 2 heterocycles. The van der Waals surface area contributed by atoms with Crippen molar-refractivity contribution in [3.05, 3.63) is 12.2 Å². The molecular weight excluding hydrogens is 504 g/mol. The topological polar surface area (TPSA) is 93.1 Å². The highest BCUT2D eigenvalue weighted by molar-refractivity contribution is 5.83. The van der Waals surface area contributed by atoms with Crippen LogP contribution in [0.15, 0.2) is 12.2 Å². The van der Waals surface area contributed by atoms with Gasteiger partial charge in [-0.15, -0.1) is 0 Å². The highest BCUT2D eigenvalue weighted by Gasteiger charge is 2.35. The van der Waals surface area contributed by atoms with Gasteiger partial charge >= 0.3 is 5.97 Å². The Kier molecular flexibility index (Phi) is 18.8. The van der Waals surface area contributed by atoms with E-state index in [0.717, 1.165) is 70.6 Å². The molecule has 0 aromatic carbocycles. The fraction of sp³-hybridized carbons (Fsp3) is 0.882. The second kappa shape index (κ2) is 21.5. The number of cyclic esters (lactones) is 1. The molecule has 0 aromatic heterocycles. The van der Waals surface area contributed by atoms with Crippen molar-refractivity contribution >= 4 is 11.8 Å². The third-order valence-electron chi connectivity index (χ3n) is 8.69. The second-order valence-corrected chi connectivity index (χ2v) is 12.5. The lowest BCUT2D eigenvalue weighted by molar-refractivity contribution is -0.145. The van der Waals surface area contributed by atoms with Crippen LogP contribution >= 0.6 is 0 Å². The SMILES string of the molecule is CCCCCCCCCCCC(O)C1CCC(C(O)CCC=CCCCCCCC2CC(CC(C)=O)C(=O)O2)O1. The molecule has 0 aliphatic carbocycles. The summed E-state index contributed by atoms with van der Waals surface area (Å²) in [7, 11) is 0. The van der Waals surface area contributed by atoms with E-state index in [1.54, 1.807) is 0 Å². The van der Waals surface area contributed by atoms with E-state index in [1.165, 1.54) is 58.3 Å². The lowest BCUT2D eigenvalue weighted by atomic mass is 9.97. The number of Topliss-reactive ketones (excluding diaryl/α,β-unsaturated/α-hetero) is 1. The van der Waals surface area contributed by atoms with Crippen LogP contribution in [0.5, 0.6) is 0 Å². The van der Waals surface area contributed by atoms with Crippen LogP contribution in [0.3, 0.4) is 0 Å². The zero-order chi connectivity index (χ0) is 29.0. The fourth-order valence-corrected chi connectivity index (χ4v) is 6.19. The molecule has 6 heteroatoms. The average Bonchev–Trinajstić information content (AvgIpc) is 3.55. The van der Waals surface area contributed by atoms with Gasteiger partial charge in [0.1, 0.15) is 11.9 Å². The molecule has 2 aliphatic rings. The highest BCUT2D eigenvalue weighted by atomic mass is 16.6. The number of carbonyl (C=O) groups excluding carboxylic acids is 2. The largest absolute Gasteiger partial charge is 0.462 e. The monoisotopic (exact) mass is 564 g/mol. The zero-order valence-electron chi connectivity index (χ0n) is 25.7. The Labute approximate surface area is 244 Å². The number of ether oxygens (including phenoxy) is 2. The number of allylic oxidation sites excluding steroid dienone is 2. The Balaban J connectivity index is 1.41. The van der Waals surface area contributed by atoms with Crippen molar-refractivity contribution in [3.8, 4) is 0 Å². The minimum Gasteiger partial charge on any atom is -0.462 e. The Morgan fingerprint density at radius 3 is 2.08 bits per heavy atom. The van der Waals surface area contributed by atoms with Crippen LogP contribution in [-0.2, 0) is 19.1 Å². The van der Waals surface area contributed by atoms with Crippen molar-refractivity contribution < 1.29 is 29.3 Å². The quantitative estimate of drug-likeness (QED) is 0.0707. The smallest absolute Gasteiger partial charge is 0.309 e. The number of ketones is 1. The van der Waals surface area contributed by atoms with Crippen LogP contribution in [-0.4, -0.2) is 52.5 Å². The predicted octanol–water partition coefficient (Wildman–Crippen LogP) is 7.76. The number of carbonyl (C=O) groups is 2. The molecule has 2 saturated heterocycles. The first-order valence-electron chi connectivity index (χ1n) is 16.8. The minimum atomic E-state index is -0.464. The summed E-state index contributed by atoms with van der Waals surface area (Å²) in [6, 6.07) is 0. The van der Waals surface area contributed by atoms with Gasteiger partial charge in [-0.25, -0.2) is 0 Å². The van der Waals surface area contributed by atoms with E-state index in [0.29, 0.717) is 19.3 Å². The summed E-state index contributed by atoms with van der Waals surface area (Å²) in [6.45, 7) is 3.78. The lowest BCUT2D eigenvalue weighted by Crippen LogP contribution is -2.30. The maximum absolute atomic E-state index is 11.8. The zero-order valence-corrected chi connectivity index (χ0v) is 25.7. The summed E-state index contributed by atoms with van der Waals surface area (Å²) in [4.78, 5) is 23.1. The number of aliphatic hydroxyl groups is 2. The van der Waals surface area contributed by atoms with Crippen LogP contribution in [0.4, 0.5) is 0 Å². The number of hydrogen-bond donors (Lipinski definition) is 2. The molecule has 6 unspecified atom stereocenters. The highest BCUT2D eigenvalue weighted by Crippen LogP contribution is 2.29. The van der Waals surface area contributed by atoms with E-state index in [1.807, 2.05) is 0 Å². The number of esters is 1. The van der Waals surface area contributed by atoms with Crippen LogP contribution < -0.4 is 0 Å². The fourth-order valence-electron chi connectivity index (χ4n) is 6.19. The summed E-state index contributed by atoms with van der Waals surface area (Å²) in [6.07, 6.45) is 26.3. The molecule has 0 saturated carbocycles. The van der Waals surface area contributed by atoms with Gasteiger partial charge in [-0.05, 0) is 71.1 Å². The molecule has 2 rings (SSSR count). The molecule has 232 valence electrons. The second-order valence-electron chi connectivity index (χ2n) is 12.5. The lowest BCUT2D eigenvalue weighted by Gasteiger charge is -2.22. The van der Waals surface area contributed by atoms with Gasteiger partial charge in [0.2, 0.25) is 0 Å². The van der Waals surface area contributed by atoms with Gasteiger partial charge in [0, 0.05) is 6.42 Å². The van der Waals surface area contributed by atoms with Crippen LogP contribution in [0, 0.1) is 5.92 Å². The first-order valence-corrected chi connectivity index (χ1v) is 16.8. The Morgan fingerprint density at radius 2 is 1.40 bits per heavy atom. The predicted molar refractivity (Wildman–Crippen MR) is 161 cm³/mol. The van der Waals surface area contributed by atoms with Crippen molar-refractivity contribution in [1.29, 1.82) is 0 Å². The summed E-state index contributed by atoms with van der Waals surface area (Å²) in [5.41, 5.74) is 0. The van der Waals surface area contributed by atoms with Crippen molar-refractivity contribution in [1.82, 2.24) is 0 Å². The molecule has 0 radical (unpaired) electrons. The van der Waals surface area contributed by atoms with Gasteiger partial charge in [0.25, 0.3) is 0 Å². The van der Waals surface area contributed by atoms with Gasteiger partial charge in [-0.2, -0.15) is 0 Å². The van der Waals surface area contributed by atoms with E-state index in [4.69, 9.17) is 9.47 Å². The van der Waals surface area contributed by atoms with E-state index < -0.39 is 12.2 Å². The minimum absolute atomic E-state index is 0.00900. The molecule has 40 heavy (non-hydrogen) atoms. The van der Waals surface area contributed by atoms with E-state index >= 15 is 0 Å². The van der Waals surface area contributed by atoms with Gasteiger partial charge < -0.3 is 24.5 Å². The van der Waals surface area contributed by atoms with Gasteiger partial charge in [-0.3, -0.25) is 4.79 Å². The van der Waals surface area contributed by atoms with Crippen molar-refractivity contribution in [3.63, 3.8) is 0 Å². The maximum atomic E-state index is 11.8. The number of hydrogen-bond acceptors (Lipinski definition) is 6. The van der Waals surface area contributed by atoms with E-state index in [-0.39, 0.29) is 36.0 Å². The van der Waals surface area contributed by atoms with Crippen LogP contribution in [0.25, 0.3) is 0 Å². The summed E-state index contributed by atoms with van der Waals surface area (Å²) >= 11 is 0. The summed E-state index contributed by atoms with van der Waals surface area (Å²) in [5.74, 6) is -0.370. The van der Waals surface area contributed by atoms with Gasteiger partial charge in [0.05, 0.1) is 30.3 Å². The third kappa shape index (κ3) is 15.1. The number of unbranched alkanes of at least 4 members (excludes halogenated alkanes) is 12. The normalized spacial score (nSPS) is 24.6. The molecule has 0 aromatic rings. The summed E-state index contributed by atoms with van der Waals surface area (Å²) in [5, 5.41) is 21.1. The first-order chi connectivity index (χ1) is 19.4. The van der Waals surface area contributed by atoms with E-state index in [9.17, 15) is 19.8 Å². The molecule has 0 spiro atoms. The molecule has 0 amide bonds. The number of rotatable bonds is 24. The average molecular weight is 565 g/mol. The molecule has 6 nitrogen and oxygen atoms in total. The molecule has 2 fully saturated rings. The Morgan fingerprint density at radius 1 is 0.825 bits per heavy atom.